The van der Waals surface area contributed by atoms with Gasteiger partial charge in [-0.2, -0.15) is 0 Å². The number of sulfone groups is 1. The normalized spacial score (nSPS) is 15.5. The number of halogens is 5. The van der Waals surface area contributed by atoms with Gasteiger partial charge in [0.05, 0.1) is 19.9 Å². The highest BCUT2D eigenvalue weighted by Gasteiger charge is 2.37. The van der Waals surface area contributed by atoms with Crippen molar-refractivity contribution in [3.63, 3.8) is 0 Å². The highest BCUT2D eigenvalue weighted by atomic mass is 79.9. The fraction of sp³-hybridized carbons (Fsp3) is 0.250. The average Bonchev–Trinajstić information content (AvgIpc) is 3.23. The van der Waals surface area contributed by atoms with E-state index in [1.165, 1.54) is 11.3 Å². The van der Waals surface area contributed by atoms with E-state index in [1.54, 1.807) is 12.1 Å². The van der Waals surface area contributed by atoms with Gasteiger partial charge in [0.25, 0.3) is 0 Å². The smallest absolute Gasteiger partial charge is 0.185 e. The highest BCUT2D eigenvalue weighted by molar-refractivity contribution is 9.11. The van der Waals surface area contributed by atoms with E-state index in [9.17, 15) is 17.2 Å². The standard InChI is InChI=1S/C20H15Br2ClF2N2O2S2/c21-14-9-15(24)17(22)19(18(14)25)31(28,29)13-5-7-27(8-6-13)20-26-16(10-30-20)11-1-3-12(23)4-2-11/h1-4,9-10,13H,5-8H2. The molecule has 2 aromatic carbocycles. The van der Waals surface area contributed by atoms with Crippen LogP contribution in [0, 0.1) is 11.6 Å². The molecule has 4 rings (SSSR count). The van der Waals surface area contributed by atoms with Gasteiger partial charge in [-0.15, -0.1) is 11.3 Å². The first-order valence-corrected chi connectivity index (χ1v) is 13.6. The number of thiazole rings is 1. The predicted molar refractivity (Wildman–Crippen MR) is 127 cm³/mol. The monoisotopic (exact) mass is 610 g/mol. The number of anilines is 1. The van der Waals surface area contributed by atoms with E-state index in [1.807, 2.05) is 22.4 Å². The Hall–Kier alpha value is -1.07. The first-order valence-electron chi connectivity index (χ1n) is 9.22. The van der Waals surface area contributed by atoms with Gasteiger partial charge in [-0.25, -0.2) is 22.2 Å². The maximum atomic E-state index is 14.6. The zero-order valence-corrected chi connectivity index (χ0v) is 21.3. The topological polar surface area (TPSA) is 50.3 Å². The molecule has 1 aliphatic heterocycles. The third-order valence-electron chi connectivity index (χ3n) is 5.14. The molecule has 4 nitrogen and oxygen atoms in total. The summed E-state index contributed by atoms with van der Waals surface area (Å²) in [7, 11) is -4.06. The van der Waals surface area contributed by atoms with Gasteiger partial charge in [-0.3, -0.25) is 0 Å². The molecular formula is C20H15Br2ClF2N2O2S2. The molecule has 1 saturated heterocycles. The zero-order valence-electron chi connectivity index (χ0n) is 15.8. The molecule has 1 fully saturated rings. The molecule has 164 valence electrons. The van der Waals surface area contributed by atoms with Crippen molar-refractivity contribution in [2.24, 2.45) is 0 Å². The maximum absolute atomic E-state index is 14.6. The lowest BCUT2D eigenvalue weighted by Crippen LogP contribution is -2.39. The summed E-state index contributed by atoms with van der Waals surface area (Å²) in [6.45, 7) is 0.903. The van der Waals surface area contributed by atoms with Crippen LogP contribution in [-0.4, -0.2) is 31.7 Å². The fourth-order valence-electron chi connectivity index (χ4n) is 3.49. The summed E-state index contributed by atoms with van der Waals surface area (Å²) in [6.07, 6.45) is 0.580. The summed E-state index contributed by atoms with van der Waals surface area (Å²) < 4.78 is 54.2. The summed E-state index contributed by atoms with van der Waals surface area (Å²) in [4.78, 5) is 6.05. The minimum atomic E-state index is -4.06. The third-order valence-corrected chi connectivity index (χ3v) is 10.2. The van der Waals surface area contributed by atoms with E-state index < -0.39 is 31.6 Å². The Morgan fingerprint density at radius 2 is 1.77 bits per heavy atom. The Kier molecular flexibility index (Phi) is 6.75. The molecule has 0 spiro atoms. The van der Waals surface area contributed by atoms with Crippen LogP contribution in [0.3, 0.4) is 0 Å². The summed E-state index contributed by atoms with van der Waals surface area (Å²) in [5.41, 5.74) is 1.77. The van der Waals surface area contributed by atoms with Gasteiger partial charge in [0.1, 0.15) is 10.7 Å². The van der Waals surface area contributed by atoms with Crippen molar-refractivity contribution < 1.29 is 17.2 Å². The van der Waals surface area contributed by atoms with Crippen LogP contribution < -0.4 is 4.90 Å². The quantitative estimate of drug-likeness (QED) is 0.308. The largest absolute Gasteiger partial charge is 0.348 e. The fourth-order valence-corrected chi connectivity index (χ4v) is 7.87. The van der Waals surface area contributed by atoms with Gasteiger partial charge in [0, 0.05) is 29.1 Å². The van der Waals surface area contributed by atoms with Gasteiger partial charge in [0.15, 0.2) is 20.8 Å². The van der Waals surface area contributed by atoms with Crippen molar-refractivity contribution >= 4 is 69.8 Å². The van der Waals surface area contributed by atoms with E-state index in [0.29, 0.717) is 18.1 Å². The molecule has 0 unspecified atom stereocenters. The molecular weight excluding hydrogens is 598 g/mol. The number of piperidine rings is 1. The van der Waals surface area contributed by atoms with Gasteiger partial charge in [-0.05, 0) is 62.9 Å². The second kappa shape index (κ2) is 9.05. The zero-order chi connectivity index (χ0) is 22.3. The molecule has 2 heterocycles. The molecule has 0 N–H and O–H groups in total. The number of hydrogen-bond donors (Lipinski definition) is 0. The van der Waals surface area contributed by atoms with Gasteiger partial charge < -0.3 is 4.90 Å². The summed E-state index contributed by atoms with van der Waals surface area (Å²) in [5, 5.41) is 2.58. The van der Waals surface area contributed by atoms with E-state index >= 15 is 0 Å². The van der Waals surface area contributed by atoms with Crippen LogP contribution in [0.25, 0.3) is 11.3 Å². The van der Waals surface area contributed by atoms with Crippen molar-refractivity contribution in [1.82, 2.24) is 4.98 Å². The Labute approximate surface area is 204 Å². The van der Waals surface area contributed by atoms with Gasteiger partial charge in [-0.1, -0.05) is 23.7 Å². The van der Waals surface area contributed by atoms with Crippen molar-refractivity contribution in [1.29, 1.82) is 0 Å². The van der Waals surface area contributed by atoms with Crippen LogP contribution in [-0.2, 0) is 9.84 Å². The Morgan fingerprint density at radius 1 is 1.13 bits per heavy atom. The summed E-state index contributed by atoms with van der Waals surface area (Å²) >= 11 is 13.2. The minimum Gasteiger partial charge on any atom is -0.348 e. The van der Waals surface area contributed by atoms with Crippen molar-refractivity contribution in [2.75, 3.05) is 18.0 Å². The lowest BCUT2D eigenvalue weighted by molar-refractivity contribution is 0.512. The van der Waals surface area contributed by atoms with Crippen molar-refractivity contribution in [3.05, 3.63) is 61.3 Å². The van der Waals surface area contributed by atoms with Crippen LogP contribution in [0.2, 0.25) is 5.02 Å². The number of aromatic nitrogens is 1. The van der Waals surface area contributed by atoms with Crippen LogP contribution in [0.5, 0.6) is 0 Å². The van der Waals surface area contributed by atoms with Crippen LogP contribution in [0.1, 0.15) is 12.8 Å². The predicted octanol–water partition coefficient (Wildman–Crippen LogP) is 6.71. The van der Waals surface area contributed by atoms with Gasteiger partial charge in [0.2, 0.25) is 0 Å². The average molecular weight is 613 g/mol. The lowest BCUT2D eigenvalue weighted by Gasteiger charge is -2.31. The molecule has 0 amide bonds. The van der Waals surface area contributed by atoms with E-state index in [-0.39, 0.29) is 21.8 Å². The summed E-state index contributed by atoms with van der Waals surface area (Å²) in [6, 6.07) is 8.29. The molecule has 0 aliphatic carbocycles. The van der Waals surface area contributed by atoms with Crippen LogP contribution >= 0.6 is 54.8 Å². The van der Waals surface area contributed by atoms with Gasteiger partial charge >= 0.3 is 0 Å². The van der Waals surface area contributed by atoms with E-state index in [4.69, 9.17) is 11.6 Å². The molecule has 11 heteroatoms. The highest BCUT2D eigenvalue weighted by Crippen LogP contribution is 2.37. The molecule has 0 atom stereocenters. The summed E-state index contributed by atoms with van der Waals surface area (Å²) in [5.74, 6) is -1.81. The number of benzene rings is 2. The molecule has 0 bridgehead atoms. The lowest BCUT2D eigenvalue weighted by atomic mass is 10.1. The maximum Gasteiger partial charge on any atom is 0.185 e. The number of hydrogen-bond acceptors (Lipinski definition) is 5. The Morgan fingerprint density at radius 3 is 2.42 bits per heavy atom. The van der Waals surface area contributed by atoms with Crippen LogP contribution in [0.15, 0.2) is 49.6 Å². The molecule has 3 aromatic rings. The molecule has 31 heavy (non-hydrogen) atoms. The number of rotatable bonds is 4. The van der Waals surface area contributed by atoms with E-state index in [0.717, 1.165) is 22.5 Å². The van der Waals surface area contributed by atoms with Crippen molar-refractivity contribution in [2.45, 2.75) is 23.0 Å². The first kappa shape index (κ1) is 23.1. The second-order valence-corrected chi connectivity index (χ2v) is 12.1. The SMILES string of the molecule is O=S(=O)(c1c(F)c(Br)cc(F)c1Br)C1CCN(c2nc(-c3ccc(Cl)cc3)cs2)CC1. The molecule has 0 saturated carbocycles. The Balaban J connectivity index is 1.51. The molecule has 0 radical (unpaired) electrons. The molecule has 1 aromatic heterocycles. The minimum absolute atomic E-state index is 0.221. The molecule has 1 aliphatic rings. The third kappa shape index (κ3) is 4.55. The Bertz CT molecular complexity index is 1200. The number of nitrogens with zero attached hydrogens (tertiary/aromatic N) is 2. The first-order chi connectivity index (χ1) is 14.7. The van der Waals surface area contributed by atoms with Crippen LogP contribution in [0.4, 0.5) is 13.9 Å². The van der Waals surface area contributed by atoms with Crippen molar-refractivity contribution in [3.8, 4) is 11.3 Å². The second-order valence-electron chi connectivity index (χ2n) is 7.05. The van der Waals surface area contributed by atoms with E-state index in [2.05, 4.69) is 36.8 Å².